The second-order valence-corrected chi connectivity index (χ2v) is 5.10. The van der Waals surface area contributed by atoms with Gasteiger partial charge in [0.15, 0.2) is 11.5 Å². The molecule has 0 spiro atoms. The number of β-amino-alcohol motifs (C(OH)–C–C–N with tert-alkyl or cyclic N) is 1. The highest BCUT2D eigenvalue weighted by Gasteiger charge is 2.42. The number of carboxylic acid groups (broad SMARTS) is 1. The molecule has 0 saturated carbocycles. The molecule has 2 aliphatic rings. The third-order valence-electron chi connectivity index (χ3n) is 3.63. The van der Waals surface area contributed by atoms with Gasteiger partial charge in [-0.1, -0.05) is 12.1 Å². The Balaban J connectivity index is 1.76. The lowest BCUT2D eigenvalue weighted by Crippen LogP contribution is -2.50. The van der Waals surface area contributed by atoms with Crippen molar-refractivity contribution in [2.45, 2.75) is 24.7 Å². The van der Waals surface area contributed by atoms with Crippen molar-refractivity contribution in [2.24, 2.45) is 0 Å². The van der Waals surface area contributed by atoms with Gasteiger partial charge in [0, 0.05) is 13.0 Å². The Morgan fingerprint density at radius 3 is 2.67 bits per heavy atom. The summed E-state index contributed by atoms with van der Waals surface area (Å²) in [5.41, 5.74) is 0. The lowest BCUT2D eigenvalue weighted by molar-refractivity contribution is -0.152. The van der Waals surface area contributed by atoms with E-state index in [-0.39, 0.29) is 19.6 Å². The Morgan fingerprint density at radius 2 is 1.95 bits per heavy atom. The van der Waals surface area contributed by atoms with Gasteiger partial charge in [-0.25, -0.2) is 4.79 Å². The number of para-hydroxylation sites is 2. The van der Waals surface area contributed by atoms with E-state index in [4.69, 9.17) is 14.6 Å². The predicted molar refractivity (Wildman–Crippen MR) is 70.1 cm³/mol. The van der Waals surface area contributed by atoms with Gasteiger partial charge in [-0.3, -0.25) is 4.79 Å². The van der Waals surface area contributed by atoms with Crippen molar-refractivity contribution in [2.75, 3.05) is 13.2 Å². The molecule has 7 heteroatoms. The summed E-state index contributed by atoms with van der Waals surface area (Å²) in [6.07, 6.45) is -1.69. The third-order valence-corrected chi connectivity index (χ3v) is 3.63. The van der Waals surface area contributed by atoms with Gasteiger partial charge in [0.25, 0.3) is 5.91 Å². The first-order valence-electron chi connectivity index (χ1n) is 6.66. The Labute approximate surface area is 120 Å². The molecule has 0 bridgehead atoms. The zero-order chi connectivity index (χ0) is 15.0. The zero-order valence-corrected chi connectivity index (χ0v) is 11.1. The summed E-state index contributed by atoms with van der Waals surface area (Å²) in [6.45, 7) is 0.0199. The van der Waals surface area contributed by atoms with Crippen molar-refractivity contribution in [3.8, 4) is 11.5 Å². The van der Waals surface area contributed by atoms with Gasteiger partial charge in [0.2, 0.25) is 6.10 Å². The Hall–Kier alpha value is -2.28. The maximum atomic E-state index is 12.4. The van der Waals surface area contributed by atoms with Gasteiger partial charge >= 0.3 is 5.97 Å². The van der Waals surface area contributed by atoms with Crippen LogP contribution >= 0.6 is 0 Å². The van der Waals surface area contributed by atoms with E-state index in [1.54, 1.807) is 24.3 Å². The van der Waals surface area contributed by atoms with Crippen molar-refractivity contribution in [3.63, 3.8) is 0 Å². The first kappa shape index (κ1) is 13.7. The second-order valence-electron chi connectivity index (χ2n) is 5.10. The number of carbonyl (C=O) groups excluding carboxylic acids is 1. The summed E-state index contributed by atoms with van der Waals surface area (Å²) in [4.78, 5) is 24.7. The maximum absolute atomic E-state index is 12.4. The van der Waals surface area contributed by atoms with Gasteiger partial charge in [-0.05, 0) is 12.1 Å². The first-order valence-corrected chi connectivity index (χ1v) is 6.66. The summed E-state index contributed by atoms with van der Waals surface area (Å²) < 4.78 is 11.0. The molecule has 0 radical (unpaired) electrons. The highest BCUT2D eigenvalue weighted by Crippen LogP contribution is 2.32. The van der Waals surface area contributed by atoms with Crippen LogP contribution < -0.4 is 9.47 Å². The molecule has 1 saturated heterocycles. The standard InChI is InChI=1S/C14H15NO6/c16-8-5-9(14(18)19)15(6-8)13(17)12-7-20-10-3-1-2-4-11(10)21-12/h1-4,8-9,12,16H,5-7H2,(H,18,19)/t8?,9-,12?/m0/s1. The number of aliphatic hydroxyl groups excluding tert-OH is 1. The number of hydrogen-bond donors (Lipinski definition) is 2. The monoisotopic (exact) mass is 293 g/mol. The van der Waals surface area contributed by atoms with Gasteiger partial charge in [0.1, 0.15) is 12.6 Å². The van der Waals surface area contributed by atoms with Crippen molar-refractivity contribution in [1.29, 1.82) is 0 Å². The van der Waals surface area contributed by atoms with Crippen LogP contribution in [0, 0.1) is 0 Å². The van der Waals surface area contributed by atoms with Gasteiger partial charge in [-0.2, -0.15) is 0 Å². The minimum Gasteiger partial charge on any atom is -0.485 e. The third kappa shape index (κ3) is 2.52. The molecule has 1 aromatic carbocycles. The van der Waals surface area contributed by atoms with E-state index >= 15 is 0 Å². The first-order chi connectivity index (χ1) is 10.1. The maximum Gasteiger partial charge on any atom is 0.326 e. The highest BCUT2D eigenvalue weighted by atomic mass is 16.6. The van der Waals surface area contributed by atoms with E-state index in [2.05, 4.69) is 0 Å². The van der Waals surface area contributed by atoms with E-state index in [0.29, 0.717) is 11.5 Å². The molecule has 112 valence electrons. The van der Waals surface area contributed by atoms with Crippen molar-refractivity contribution >= 4 is 11.9 Å². The Bertz CT molecular complexity index is 574. The quantitative estimate of drug-likeness (QED) is 0.788. The van der Waals surface area contributed by atoms with E-state index < -0.39 is 30.1 Å². The minimum absolute atomic E-state index is 0.00267. The van der Waals surface area contributed by atoms with E-state index in [1.165, 1.54) is 0 Å². The number of rotatable bonds is 2. The molecule has 2 aliphatic heterocycles. The molecule has 3 atom stereocenters. The SMILES string of the molecule is O=C(O)[C@@H]1CC(O)CN1C(=O)C1COc2ccccc2O1. The smallest absolute Gasteiger partial charge is 0.326 e. The molecule has 0 aromatic heterocycles. The average Bonchev–Trinajstić information content (AvgIpc) is 2.88. The van der Waals surface area contributed by atoms with Crippen LogP contribution in [0.1, 0.15) is 6.42 Å². The summed E-state index contributed by atoms with van der Waals surface area (Å²) in [7, 11) is 0. The van der Waals surface area contributed by atoms with E-state index in [9.17, 15) is 14.7 Å². The van der Waals surface area contributed by atoms with Crippen LogP contribution in [0.3, 0.4) is 0 Å². The number of fused-ring (bicyclic) bond motifs is 1. The number of ether oxygens (including phenoxy) is 2. The van der Waals surface area contributed by atoms with Gasteiger partial charge in [-0.15, -0.1) is 0 Å². The number of carbonyl (C=O) groups is 2. The number of aliphatic carboxylic acids is 1. The van der Waals surface area contributed by atoms with E-state index in [1.807, 2.05) is 0 Å². The van der Waals surface area contributed by atoms with Crippen molar-refractivity contribution in [1.82, 2.24) is 4.90 Å². The Morgan fingerprint density at radius 1 is 1.24 bits per heavy atom. The van der Waals surface area contributed by atoms with Crippen LogP contribution in [-0.2, 0) is 9.59 Å². The normalized spacial score (nSPS) is 27.5. The number of amides is 1. The molecule has 2 unspecified atom stereocenters. The summed E-state index contributed by atoms with van der Waals surface area (Å²) in [5, 5.41) is 18.7. The van der Waals surface area contributed by atoms with Gasteiger partial charge in [0.05, 0.1) is 6.10 Å². The zero-order valence-electron chi connectivity index (χ0n) is 11.1. The number of nitrogens with zero attached hydrogens (tertiary/aromatic N) is 1. The van der Waals surface area contributed by atoms with E-state index in [0.717, 1.165) is 4.90 Å². The van der Waals surface area contributed by atoms with Crippen LogP contribution in [0.25, 0.3) is 0 Å². The summed E-state index contributed by atoms with van der Waals surface area (Å²) in [6, 6.07) is 5.95. The second kappa shape index (κ2) is 5.25. The Kier molecular flexibility index (Phi) is 3.42. The number of hydrogen-bond acceptors (Lipinski definition) is 5. The molecule has 1 fully saturated rings. The predicted octanol–water partition coefficient (Wildman–Crippen LogP) is -0.127. The summed E-state index contributed by atoms with van der Waals surface area (Å²) in [5.74, 6) is -0.600. The highest BCUT2D eigenvalue weighted by molar-refractivity contribution is 5.87. The molecule has 1 amide bonds. The molecule has 1 aromatic rings. The number of benzene rings is 1. The molecule has 3 rings (SSSR count). The number of likely N-dealkylation sites (tertiary alicyclic amines) is 1. The van der Waals surface area contributed by atoms with Gasteiger partial charge < -0.3 is 24.6 Å². The molecule has 2 N–H and O–H groups in total. The molecular weight excluding hydrogens is 278 g/mol. The van der Waals surface area contributed by atoms with Crippen molar-refractivity contribution in [3.05, 3.63) is 24.3 Å². The van der Waals surface area contributed by atoms with Crippen LogP contribution in [0.5, 0.6) is 11.5 Å². The van der Waals surface area contributed by atoms with Crippen LogP contribution in [0.2, 0.25) is 0 Å². The van der Waals surface area contributed by atoms with Crippen LogP contribution in [0.15, 0.2) is 24.3 Å². The molecule has 0 aliphatic carbocycles. The largest absolute Gasteiger partial charge is 0.485 e. The fourth-order valence-corrected chi connectivity index (χ4v) is 2.62. The van der Waals surface area contributed by atoms with Crippen molar-refractivity contribution < 1.29 is 29.3 Å². The topological polar surface area (TPSA) is 96.3 Å². The molecular formula is C14H15NO6. The number of carboxylic acids is 1. The average molecular weight is 293 g/mol. The minimum atomic E-state index is -1.13. The van der Waals surface area contributed by atoms with Crippen LogP contribution in [-0.4, -0.2) is 58.4 Å². The fraction of sp³-hybridized carbons (Fsp3) is 0.429. The lowest BCUT2D eigenvalue weighted by atomic mass is 10.2. The number of aliphatic hydroxyl groups is 1. The summed E-state index contributed by atoms with van der Waals surface area (Å²) >= 11 is 0. The van der Waals surface area contributed by atoms with Crippen LogP contribution in [0.4, 0.5) is 0 Å². The molecule has 2 heterocycles. The fourth-order valence-electron chi connectivity index (χ4n) is 2.62. The lowest BCUT2D eigenvalue weighted by Gasteiger charge is -2.30. The molecule has 7 nitrogen and oxygen atoms in total. The molecule has 21 heavy (non-hydrogen) atoms.